The van der Waals surface area contributed by atoms with Crippen LogP contribution in [-0.4, -0.2) is 27.0 Å². The fraction of sp³-hybridized carbons (Fsp3) is 0.211. The molecule has 0 amide bonds. The van der Waals surface area contributed by atoms with Crippen LogP contribution in [-0.2, 0) is 0 Å². The van der Waals surface area contributed by atoms with E-state index in [2.05, 4.69) is 0 Å². The van der Waals surface area contributed by atoms with Crippen LogP contribution in [0.25, 0.3) is 22.3 Å². The van der Waals surface area contributed by atoms with Crippen molar-refractivity contribution in [3.05, 3.63) is 40.6 Å². The van der Waals surface area contributed by atoms with Crippen LogP contribution >= 0.6 is 0 Å². The van der Waals surface area contributed by atoms with Crippen LogP contribution in [0.1, 0.15) is 13.8 Å². The van der Waals surface area contributed by atoms with Gasteiger partial charge in [-0.3, -0.25) is 4.79 Å². The summed E-state index contributed by atoms with van der Waals surface area (Å²) in [7, 11) is 0. The lowest BCUT2D eigenvalue weighted by atomic mass is 10.1. The van der Waals surface area contributed by atoms with E-state index >= 15 is 0 Å². The van der Waals surface area contributed by atoms with Crippen molar-refractivity contribution < 1.29 is 29.6 Å². The number of hydrogen-bond acceptors (Lipinski definition) is 7. The fourth-order valence-electron chi connectivity index (χ4n) is 2.50. The predicted molar refractivity (Wildman–Crippen MR) is 94.9 cm³/mol. The monoisotopic (exact) mass is 358 g/mol. The van der Waals surface area contributed by atoms with Gasteiger partial charge >= 0.3 is 0 Å². The predicted octanol–water partition coefficient (Wildman–Crippen LogP) is 3.32. The number of phenolic OH excluding ortho intramolecular Hbond substituents is 4. The molecule has 0 aliphatic carbocycles. The lowest BCUT2D eigenvalue weighted by molar-refractivity contribution is 0.265. The van der Waals surface area contributed by atoms with E-state index in [1.807, 2.05) is 13.8 Å². The molecule has 136 valence electrons. The van der Waals surface area contributed by atoms with Gasteiger partial charge in [-0.25, -0.2) is 0 Å². The topological polar surface area (TPSA) is 120 Å². The summed E-state index contributed by atoms with van der Waals surface area (Å²) in [6, 6.07) is 6.17. The Balaban J connectivity index is 2.32. The van der Waals surface area contributed by atoms with E-state index < -0.39 is 11.2 Å². The normalized spacial score (nSPS) is 11.2. The molecule has 0 atom stereocenters. The number of ether oxygens (including phenoxy) is 1. The molecule has 0 bridgehead atoms. The molecule has 0 radical (unpaired) electrons. The first-order chi connectivity index (χ1) is 12.3. The average molecular weight is 358 g/mol. The van der Waals surface area contributed by atoms with Crippen LogP contribution in [0.5, 0.6) is 28.7 Å². The van der Waals surface area contributed by atoms with Crippen molar-refractivity contribution in [3.8, 4) is 40.1 Å². The van der Waals surface area contributed by atoms with Gasteiger partial charge in [0.1, 0.15) is 22.5 Å². The molecule has 3 aromatic rings. The molecule has 2 aromatic carbocycles. The zero-order valence-electron chi connectivity index (χ0n) is 14.2. The van der Waals surface area contributed by atoms with Crippen LogP contribution in [0.15, 0.2) is 39.5 Å². The molecule has 1 heterocycles. The third kappa shape index (κ3) is 3.11. The highest BCUT2D eigenvalue weighted by Crippen LogP contribution is 2.38. The minimum atomic E-state index is -0.605. The maximum absolute atomic E-state index is 12.9. The minimum Gasteiger partial charge on any atom is -0.508 e. The summed E-state index contributed by atoms with van der Waals surface area (Å²) in [6.45, 7) is 4.04. The zero-order chi connectivity index (χ0) is 19.0. The second-order valence-corrected chi connectivity index (χ2v) is 6.34. The molecule has 0 spiro atoms. The molecule has 7 heteroatoms. The zero-order valence-corrected chi connectivity index (χ0v) is 14.2. The van der Waals surface area contributed by atoms with E-state index in [1.54, 1.807) is 0 Å². The molecule has 0 saturated heterocycles. The average Bonchev–Trinajstić information content (AvgIpc) is 2.55. The molecule has 0 saturated carbocycles. The third-order valence-electron chi connectivity index (χ3n) is 3.72. The van der Waals surface area contributed by atoms with Gasteiger partial charge in [-0.15, -0.1) is 0 Å². The van der Waals surface area contributed by atoms with Crippen molar-refractivity contribution >= 4 is 11.0 Å². The molecule has 0 unspecified atom stereocenters. The quantitative estimate of drug-likeness (QED) is 0.528. The van der Waals surface area contributed by atoms with Crippen LogP contribution < -0.4 is 10.2 Å². The van der Waals surface area contributed by atoms with Crippen LogP contribution in [0, 0.1) is 5.92 Å². The van der Waals surface area contributed by atoms with Gasteiger partial charge in [0, 0.05) is 17.7 Å². The number of benzene rings is 2. The van der Waals surface area contributed by atoms with Gasteiger partial charge in [0.2, 0.25) is 11.2 Å². The highest BCUT2D eigenvalue weighted by atomic mass is 16.5. The van der Waals surface area contributed by atoms with E-state index in [0.29, 0.717) is 5.56 Å². The molecular weight excluding hydrogens is 340 g/mol. The first-order valence-corrected chi connectivity index (χ1v) is 7.96. The van der Waals surface area contributed by atoms with Crippen molar-refractivity contribution in [1.29, 1.82) is 0 Å². The number of fused-ring (bicyclic) bond motifs is 1. The van der Waals surface area contributed by atoms with Crippen LogP contribution in [0.2, 0.25) is 0 Å². The van der Waals surface area contributed by atoms with Gasteiger partial charge in [-0.05, 0) is 24.1 Å². The summed E-state index contributed by atoms with van der Waals surface area (Å²) in [5.74, 6) is -1.40. The second kappa shape index (κ2) is 6.51. The van der Waals surface area contributed by atoms with Crippen molar-refractivity contribution in [2.75, 3.05) is 6.61 Å². The van der Waals surface area contributed by atoms with E-state index in [-0.39, 0.29) is 52.3 Å². The lowest BCUT2D eigenvalue weighted by Gasteiger charge is -2.14. The number of phenols is 4. The first kappa shape index (κ1) is 17.5. The minimum absolute atomic E-state index is 0.0171. The summed E-state index contributed by atoms with van der Waals surface area (Å²) in [5, 5.41) is 38.8. The third-order valence-corrected chi connectivity index (χ3v) is 3.72. The highest BCUT2D eigenvalue weighted by Gasteiger charge is 2.21. The van der Waals surface area contributed by atoms with Gasteiger partial charge in [-0.1, -0.05) is 13.8 Å². The molecule has 0 aliphatic heterocycles. The maximum atomic E-state index is 12.9. The highest BCUT2D eigenvalue weighted by molar-refractivity contribution is 5.88. The molecule has 4 N–H and O–H groups in total. The Labute approximate surface area is 148 Å². The fourth-order valence-corrected chi connectivity index (χ4v) is 2.50. The molecule has 26 heavy (non-hydrogen) atoms. The van der Waals surface area contributed by atoms with Crippen molar-refractivity contribution in [2.24, 2.45) is 5.92 Å². The van der Waals surface area contributed by atoms with E-state index in [0.717, 1.165) is 6.07 Å². The van der Waals surface area contributed by atoms with Crippen molar-refractivity contribution in [2.45, 2.75) is 13.8 Å². The SMILES string of the molecule is CC(C)COc1c(-c2ccc(O)c(O)c2)oc2cc(O)cc(O)c2c1=O. The molecule has 7 nitrogen and oxygen atoms in total. The Morgan fingerprint density at radius 3 is 2.38 bits per heavy atom. The van der Waals surface area contributed by atoms with Crippen molar-refractivity contribution in [3.63, 3.8) is 0 Å². The Morgan fingerprint density at radius 1 is 1.00 bits per heavy atom. The number of aromatic hydroxyl groups is 4. The summed E-state index contributed by atoms with van der Waals surface area (Å²) in [4.78, 5) is 12.9. The summed E-state index contributed by atoms with van der Waals surface area (Å²) >= 11 is 0. The Morgan fingerprint density at radius 2 is 1.73 bits per heavy atom. The first-order valence-electron chi connectivity index (χ1n) is 7.96. The summed E-state index contributed by atoms with van der Waals surface area (Å²) in [5.41, 5.74) is -0.347. The molecule has 3 rings (SSSR count). The van der Waals surface area contributed by atoms with Gasteiger partial charge < -0.3 is 29.6 Å². The molecule has 1 aromatic heterocycles. The number of hydrogen-bond donors (Lipinski definition) is 4. The van der Waals surface area contributed by atoms with Crippen LogP contribution in [0.3, 0.4) is 0 Å². The Bertz CT molecular complexity index is 1030. The largest absolute Gasteiger partial charge is 0.508 e. The van der Waals surface area contributed by atoms with E-state index in [4.69, 9.17) is 9.15 Å². The maximum Gasteiger partial charge on any atom is 0.239 e. The smallest absolute Gasteiger partial charge is 0.239 e. The van der Waals surface area contributed by atoms with Gasteiger partial charge in [0.15, 0.2) is 17.3 Å². The Kier molecular flexibility index (Phi) is 4.38. The molecule has 0 aliphatic rings. The summed E-state index contributed by atoms with van der Waals surface area (Å²) < 4.78 is 11.3. The van der Waals surface area contributed by atoms with Gasteiger partial charge in [-0.2, -0.15) is 0 Å². The molecular formula is C19H18O7. The second-order valence-electron chi connectivity index (χ2n) is 6.34. The van der Waals surface area contributed by atoms with E-state index in [9.17, 15) is 25.2 Å². The van der Waals surface area contributed by atoms with Crippen molar-refractivity contribution in [1.82, 2.24) is 0 Å². The Hall–Kier alpha value is -3.35. The molecule has 0 fully saturated rings. The summed E-state index contributed by atoms with van der Waals surface area (Å²) in [6.07, 6.45) is 0. The number of rotatable bonds is 4. The van der Waals surface area contributed by atoms with Gasteiger partial charge in [0.25, 0.3) is 0 Å². The van der Waals surface area contributed by atoms with E-state index in [1.165, 1.54) is 24.3 Å². The lowest BCUT2D eigenvalue weighted by Crippen LogP contribution is -2.14. The van der Waals surface area contributed by atoms with Gasteiger partial charge in [0.05, 0.1) is 6.61 Å². The van der Waals surface area contributed by atoms with Crippen LogP contribution in [0.4, 0.5) is 0 Å². The standard InChI is InChI=1S/C19H18O7/c1-9(2)8-25-19-17(24)16-14(23)6-11(20)7-15(16)26-18(19)10-3-4-12(21)13(22)5-10/h3-7,9,20-23H,8H2,1-2H3.